The summed E-state index contributed by atoms with van der Waals surface area (Å²) in [5.41, 5.74) is 1.13. The lowest BCUT2D eigenvalue weighted by Crippen LogP contribution is -1.99. The highest BCUT2D eigenvalue weighted by Crippen LogP contribution is 2.14. The van der Waals surface area contributed by atoms with Gasteiger partial charge in [-0.3, -0.25) is 9.97 Å². The third-order valence-corrected chi connectivity index (χ3v) is 2.28. The van der Waals surface area contributed by atoms with Gasteiger partial charge >= 0.3 is 11.9 Å². The number of quaternary nitrogens is 1. The minimum absolute atomic E-state index is 0. The van der Waals surface area contributed by atoms with Gasteiger partial charge in [-0.25, -0.2) is 9.59 Å². The fourth-order valence-corrected chi connectivity index (χ4v) is 1.34. The van der Waals surface area contributed by atoms with E-state index in [1.165, 1.54) is 36.7 Å². The summed E-state index contributed by atoms with van der Waals surface area (Å²) in [4.78, 5) is 29.2. The van der Waals surface area contributed by atoms with Crippen molar-refractivity contribution in [3.05, 3.63) is 47.8 Å². The summed E-state index contributed by atoms with van der Waals surface area (Å²) in [6.07, 6.45) is 2.45. The third kappa shape index (κ3) is 3.11. The van der Waals surface area contributed by atoms with Gasteiger partial charge in [-0.2, -0.15) is 0 Å². The normalized spacial score (nSPS) is 9.47. The van der Waals surface area contributed by atoms with Crippen molar-refractivity contribution in [2.75, 3.05) is 0 Å². The summed E-state index contributed by atoms with van der Waals surface area (Å²) in [5, 5.41) is 17.4. The molecule has 2 heterocycles. The molecule has 0 aliphatic heterocycles. The van der Waals surface area contributed by atoms with Crippen molar-refractivity contribution in [3.8, 4) is 11.4 Å². The lowest BCUT2D eigenvalue weighted by molar-refractivity contribution is 0.0685. The molecule has 0 fully saturated rings. The molecule has 0 aliphatic rings. The van der Waals surface area contributed by atoms with Crippen LogP contribution in [0.4, 0.5) is 0 Å². The molecule has 0 saturated heterocycles. The van der Waals surface area contributed by atoms with Crippen LogP contribution in [0.5, 0.6) is 0 Å². The second-order valence-electron chi connectivity index (χ2n) is 3.47. The fraction of sp³-hybridized carbons (Fsp3) is 0. The molecular weight excluding hydrogens is 250 g/mol. The van der Waals surface area contributed by atoms with Crippen molar-refractivity contribution < 1.29 is 19.8 Å². The first-order chi connectivity index (χ1) is 8.58. The van der Waals surface area contributed by atoms with E-state index in [4.69, 9.17) is 10.2 Å². The zero-order valence-corrected chi connectivity index (χ0v) is 10.1. The van der Waals surface area contributed by atoms with Crippen LogP contribution in [-0.4, -0.2) is 32.1 Å². The van der Waals surface area contributed by atoms with Gasteiger partial charge in [-0.15, -0.1) is 0 Å². The zero-order valence-electron chi connectivity index (χ0n) is 10.1. The number of pyridine rings is 2. The Morgan fingerprint density at radius 2 is 1.16 bits per heavy atom. The SMILES string of the molecule is O=C(O)c1ccc(-c2ccc(C(=O)O)cn2)nc1.[NH4+]. The Labute approximate surface area is 108 Å². The van der Waals surface area contributed by atoms with Crippen molar-refractivity contribution >= 4 is 11.9 Å². The largest absolute Gasteiger partial charge is 0.478 e. The lowest BCUT2D eigenvalue weighted by atomic mass is 10.2. The summed E-state index contributed by atoms with van der Waals surface area (Å²) >= 11 is 0. The third-order valence-electron chi connectivity index (χ3n) is 2.28. The Balaban J connectivity index is 0.00000180. The van der Waals surface area contributed by atoms with Crippen LogP contribution in [0.1, 0.15) is 20.7 Å². The predicted octanol–water partition coefficient (Wildman–Crippen LogP) is 1.92. The molecule has 19 heavy (non-hydrogen) atoms. The van der Waals surface area contributed by atoms with Crippen molar-refractivity contribution in [2.24, 2.45) is 0 Å². The van der Waals surface area contributed by atoms with E-state index in [2.05, 4.69) is 9.97 Å². The molecule has 0 bridgehead atoms. The van der Waals surface area contributed by atoms with Crippen molar-refractivity contribution in [1.82, 2.24) is 16.1 Å². The Kier molecular flexibility index (Phi) is 4.27. The Morgan fingerprint density at radius 3 is 1.37 bits per heavy atom. The van der Waals surface area contributed by atoms with Crippen LogP contribution in [0.2, 0.25) is 0 Å². The monoisotopic (exact) mass is 262 g/mol. The van der Waals surface area contributed by atoms with Crippen LogP contribution in [-0.2, 0) is 0 Å². The molecule has 0 amide bonds. The van der Waals surface area contributed by atoms with Crippen LogP contribution < -0.4 is 6.15 Å². The summed E-state index contributed by atoms with van der Waals surface area (Å²) < 4.78 is 0. The van der Waals surface area contributed by atoms with E-state index in [1.807, 2.05) is 0 Å². The Hall–Kier alpha value is -2.80. The van der Waals surface area contributed by atoms with E-state index in [-0.39, 0.29) is 17.3 Å². The zero-order chi connectivity index (χ0) is 13.1. The Morgan fingerprint density at radius 1 is 0.789 bits per heavy atom. The van der Waals surface area contributed by atoms with Gasteiger partial charge in [0.2, 0.25) is 0 Å². The fourth-order valence-electron chi connectivity index (χ4n) is 1.34. The maximum Gasteiger partial charge on any atom is 0.337 e. The van der Waals surface area contributed by atoms with Crippen LogP contribution in [0.3, 0.4) is 0 Å². The molecule has 0 radical (unpaired) electrons. The lowest BCUT2D eigenvalue weighted by Gasteiger charge is -2.01. The van der Waals surface area contributed by atoms with E-state index in [0.717, 1.165) is 0 Å². The van der Waals surface area contributed by atoms with Crippen molar-refractivity contribution in [2.45, 2.75) is 0 Å². The molecule has 2 aromatic heterocycles. The summed E-state index contributed by atoms with van der Waals surface area (Å²) in [6, 6.07) is 5.87. The molecule has 0 spiro atoms. The molecule has 0 saturated carbocycles. The number of hydrogen-bond acceptors (Lipinski definition) is 4. The number of carbonyl (C=O) groups is 2. The molecule has 7 heteroatoms. The number of nitrogens with zero attached hydrogens (tertiary/aromatic N) is 2. The highest BCUT2D eigenvalue weighted by molar-refractivity contribution is 5.88. The van der Waals surface area contributed by atoms with Crippen molar-refractivity contribution in [1.29, 1.82) is 0 Å². The van der Waals surface area contributed by atoms with Gasteiger partial charge in [0.05, 0.1) is 22.5 Å². The predicted molar refractivity (Wildman–Crippen MR) is 67.4 cm³/mol. The maximum absolute atomic E-state index is 10.6. The summed E-state index contributed by atoms with van der Waals surface area (Å²) in [7, 11) is 0. The van der Waals surface area contributed by atoms with Gasteiger partial charge in [0, 0.05) is 12.4 Å². The van der Waals surface area contributed by atoms with Crippen LogP contribution in [0.25, 0.3) is 11.4 Å². The van der Waals surface area contributed by atoms with Crippen LogP contribution in [0.15, 0.2) is 36.7 Å². The molecule has 2 aromatic rings. The minimum Gasteiger partial charge on any atom is -0.478 e. The highest BCUT2D eigenvalue weighted by Gasteiger charge is 2.07. The molecule has 2 rings (SSSR count). The number of rotatable bonds is 3. The topological polar surface area (TPSA) is 137 Å². The summed E-state index contributed by atoms with van der Waals surface area (Å²) in [6.45, 7) is 0. The quantitative estimate of drug-likeness (QED) is 0.772. The molecule has 0 aliphatic carbocycles. The molecule has 7 nitrogen and oxygen atoms in total. The summed E-state index contributed by atoms with van der Waals surface area (Å²) in [5.74, 6) is -2.11. The average Bonchev–Trinajstić information content (AvgIpc) is 2.39. The maximum atomic E-state index is 10.6. The highest BCUT2D eigenvalue weighted by atomic mass is 16.4. The van der Waals surface area contributed by atoms with Gasteiger partial charge in [0.25, 0.3) is 0 Å². The van der Waals surface area contributed by atoms with Gasteiger partial charge < -0.3 is 16.4 Å². The van der Waals surface area contributed by atoms with Gasteiger partial charge in [-0.1, -0.05) is 0 Å². The Bertz CT molecular complexity index is 538. The molecule has 6 N–H and O–H groups in total. The second-order valence-corrected chi connectivity index (χ2v) is 3.47. The van der Waals surface area contributed by atoms with Crippen LogP contribution >= 0.6 is 0 Å². The molecule has 0 unspecified atom stereocenters. The smallest absolute Gasteiger partial charge is 0.337 e. The first-order valence-electron chi connectivity index (χ1n) is 4.97. The van der Waals surface area contributed by atoms with Gasteiger partial charge in [0.15, 0.2) is 0 Å². The van der Waals surface area contributed by atoms with Gasteiger partial charge in [0.1, 0.15) is 0 Å². The van der Waals surface area contributed by atoms with E-state index >= 15 is 0 Å². The van der Waals surface area contributed by atoms with E-state index < -0.39 is 11.9 Å². The standard InChI is InChI=1S/C12H8N2O4.H3N/c15-11(16)7-1-3-9(13-5-7)10-4-2-8(6-14-10)12(17)18;/h1-6H,(H,15,16)(H,17,18);1H3/p+1. The van der Waals surface area contributed by atoms with Crippen molar-refractivity contribution in [3.63, 3.8) is 0 Å². The van der Waals surface area contributed by atoms with E-state index in [0.29, 0.717) is 11.4 Å². The van der Waals surface area contributed by atoms with Crippen LogP contribution in [0, 0.1) is 0 Å². The molecular formula is C12H12N3O4+. The molecule has 0 aromatic carbocycles. The van der Waals surface area contributed by atoms with E-state index in [9.17, 15) is 9.59 Å². The number of aromatic carboxylic acids is 2. The van der Waals surface area contributed by atoms with E-state index in [1.54, 1.807) is 0 Å². The first-order valence-corrected chi connectivity index (χ1v) is 4.97. The molecule has 0 atom stereocenters. The molecule has 98 valence electrons. The second kappa shape index (κ2) is 5.69. The minimum atomic E-state index is -1.05. The number of carboxylic acids is 2. The first kappa shape index (κ1) is 14.3. The number of aromatic nitrogens is 2. The number of hydrogen-bond donors (Lipinski definition) is 3. The average molecular weight is 262 g/mol. The number of carboxylic acid groups (broad SMARTS) is 2. The van der Waals surface area contributed by atoms with Gasteiger partial charge in [-0.05, 0) is 24.3 Å².